The van der Waals surface area contributed by atoms with E-state index in [9.17, 15) is 14.4 Å². The van der Waals surface area contributed by atoms with Crippen molar-refractivity contribution < 1.29 is 14.4 Å². The van der Waals surface area contributed by atoms with Gasteiger partial charge in [0, 0.05) is 18.5 Å². The van der Waals surface area contributed by atoms with Crippen LogP contribution in [0, 0.1) is 34.5 Å². The molecule has 11 heteroatoms. The molecule has 12 N–H and O–H groups in total. The highest BCUT2D eigenvalue weighted by Gasteiger charge is 2.52. The van der Waals surface area contributed by atoms with Gasteiger partial charge in [-0.15, -0.1) is 0 Å². The SMILES string of the molecule is N=C(N)NCCCC(C[C@H](CC12CC3CC(CC(C3)C1)C2)C(=O)N[C@@H](CCCCN)C(N)=O)NC(=O)C(N)Cc1ccccc1. The molecule has 1 aromatic carbocycles. The Morgan fingerprint density at radius 1 is 0.889 bits per heavy atom. The number of unbranched alkanes of at least 4 members (excludes halogenated alkanes) is 1. The smallest absolute Gasteiger partial charge is 0.239 e. The van der Waals surface area contributed by atoms with E-state index < -0.39 is 23.9 Å². The van der Waals surface area contributed by atoms with E-state index in [-0.39, 0.29) is 29.2 Å². The fourth-order valence-corrected chi connectivity index (χ4v) is 8.85. The molecule has 3 amide bonds. The first-order valence-corrected chi connectivity index (χ1v) is 17.0. The molecule has 5 rings (SSSR count). The third-order valence-electron chi connectivity index (χ3n) is 10.4. The van der Waals surface area contributed by atoms with Crippen molar-refractivity contribution in [1.82, 2.24) is 16.0 Å². The molecule has 45 heavy (non-hydrogen) atoms. The van der Waals surface area contributed by atoms with E-state index in [0.717, 1.165) is 55.4 Å². The Balaban J connectivity index is 1.51. The summed E-state index contributed by atoms with van der Waals surface area (Å²) in [5.41, 5.74) is 24.4. The average Bonchev–Trinajstić information content (AvgIpc) is 2.97. The van der Waals surface area contributed by atoms with E-state index in [2.05, 4.69) is 16.0 Å². The number of carbonyl (C=O) groups excluding carboxylic acids is 3. The van der Waals surface area contributed by atoms with Crippen molar-refractivity contribution in [2.24, 2.45) is 52.0 Å². The van der Waals surface area contributed by atoms with Gasteiger partial charge in [-0.3, -0.25) is 19.8 Å². The van der Waals surface area contributed by atoms with E-state index in [4.69, 9.17) is 28.3 Å². The zero-order valence-electron chi connectivity index (χ0n) is 26.8. The largest absolute Gasteiger partial charge is 0.370 e. The summed E-state index contributed by atoms with van der Waals surface area (Å²) < 4.78 is 0. The van der Waals surface area contributed by atoms with Gasteiger partial charge in [-0.05, 0) is 125 Å². The maximum atomic E-state index is 14.1. The van der Waals surface area contributed by atoms with E-state index in [0.29, 0.717) is 51.6 Å². The van der Waals surface area contributed by atoms with Crippen LogP contribution in [0.15, 0.2) is 30.3 Å². The number of primary amides is 1. The Labute approximate surface area is 268 Å². The molecule has 4 aliphatic rings. The number of amides is 3. The van der Waals surface area contributed by atoms with Crippen LogP contribution < -0.4 is 38.9 Å². The highest BCUT2D eigenvalue weighted by atomic mass is 16.2. The molecule has 0 heterocycles. The number of benzene rings is 1. The Kier molecular flexibility index (Phi) is 12.6. The van der Waals surface area contributed by atoms with E-state index >= 15 is 0 Å². The van der Waals surface area contributed by atoms with E-state index in [1.54, 1.807) is 0 Å². The number of hydrogen-bond acceptors (Lipinski definition) is 6. The molecule has 4 bridgehead atoms. The number of nitrogens with two attached hydrogens (primary N) is 4. The highest BCUT2D eigenvalue weighted by molar-refractivity contribution is 5.87. The molecule has 0 saturated heterocycles. The molecule has 0 radical (unpaired) electrons. The van der Waals surface area contributed by atoms with Crippen molar-refractivity contribution in [2.75, 3.05) is 13.1 Å². The van der Waals surface area contributed by atoms with E-state index in [1.807, 2.05) is 30.3 Å². The summed E-state index contributed by atoms with van der Waals surface area (Å²) in [5, 5.41) is 16.5. The van der Waals surface area contributed by atoms with Crippen LogP contribution in [0.4, 0.5) is 0 Å². The van der Waals surface area contributed by atoms with Crippen LogP contribution in [0.1, 0.15) is 89.0 Å². The lowest BCUT2D eigenvalue weighted by atomic mass is 9.48. The third kappa shape index (κ3) is 10.4. The number of guanidine groups is 1. The van der Waals surface area contributed by atoms with Crippen LogP contribution in [-0.2, 0) is 20.8 Å². The van der Waals surface area contributed by atoms with Gasteiger partial charge in [0.2, 0.25) is 17.7 Å². The Morgan fingerprint density at radius 2 is 1.53 bits per heavy atom. The number of nitrogens with one attached hydrogen (secondary N) is 4. The molecule has 11 nitrogen and oxygen atoms in total. The van der Waals surface area contributed by atoms with Gasteiger partial charge in [0.1, 0.15) is 6.04 Å². The molecule has 2 unspecified atom stereocenters. The van der Waals surface area contributed by atoms with Gasteiger partial charge in [-0.2, -0.15) is 0 Å². The molecule has 4 aliphatic carbocycles. The van der Waals surface area contributed by atoms with E-state index in [1.165, 1.54) is 19.3 Å². The molecule has 4 fully saturated rings. The minimum atomic E-state index is -0.755. The first-order chi connectivity index (χ1) is 21.6. The Bertz CT molecular complexity index is 1110. The first-order valence-electron chi connectivity index (χ1n) is 17.0. The summed E-state index contributed by atoms with van der Waals surface area (Å²) in [7, 11) is 0. The summed E-state index contributed by atoms with van der Waals surface area (Å²) in [6, 6.07) is 7.87. The van der Waals surface area contributed by atoms with Crippen molar-refractivity contribution in [1.29, 1.82) is 5.41 Å². The zero-order chi connectivity index (χ0) is 32.4. The van der Waals surface area contributed by atoms with Gasteiger partial charge < -0.3 is 38.9 Å². The summed E-state index contributed by atoms with van der Waals surface area (Å²) in [5.74, 6) is 0.740. The fourth-order valence-electron chi connectivity index (χ4n) is 8.85. The summed E-state index contributed by atoms with van der Waals surface area (Å²) in [4.78, 5) is 39.8. The summed E-state index contributed by atoms with van der Waals surface area (Å²) >= 11 is 0. The van der Waals surface area contributed by atoms with Gasteiger partial charge in [0.05, 0.1) is 6.04 Å². The molecule has 250 valence electrons. The predicted molar refractivity (Wildman–Crippen MR) is 177 cm³/mol. The van der Waals surface area contributed by atoms with Crippen molar-refractivity contribution in [3.63, 3.8) is 0 Å². The maximum Gasteiger partial charge on any atom is 0.239 e. The first kappa shape index (κ1) is 34.7. The number of hydrogen-bond donors (Lipinski definition) is 8. The average molecular weight is 625 g/mol. The van der Waals surface area contributed by atoms with Gasteiger partial charge in [0.25, 0.3) is 0 Å². The highest BCUT2D eigenvalue weighted by Crippen LogP contribution is 2.62. The lowest BCUT2D eigenvalue weighted by molar-refractivity contribution is -0.134. The molecular formula is C34H56N8O3. The molecular weight excluding hydrogens is 568 g/mol. The van der Waals surface area contributed by atoms with Crippen LogP contribution in [0.2, 0.25) is 0 Å². The summed E-state index contributed by atoms with van der Waals surface area (Å²) in [6.45, 7) is 0.995. The second-order valence-corrected chi connectivity index (χ2v) is 14.3. The van der Waals surface area contributed by atoms with Gasteiger partial charge >= 0.3 is 0 Å². The number of carbonyl (C=O) groups is 3. The van der Waals surface area contributed by atoms with Crippen LogP contribution >= 0.6 is 0 Å². The minimum Gasteiger partial charge on any atom is -0.370 e. The molecule has 4 atom stereocenters. The number of rotatable bonds is 19. The normalized spacial score (nSPS) is 26.0. The van der Waals surface area contributed by atoms with Gasteiger partial charge in [-0.1, -0.05) is 30.3 Å². The lowest BCUT2D eigenvalue weighted by Crippen LogP contribution is -2.52. The predicted octanol–water partition coefficient (Wildman–Crippen LogP) is 2.02. The third-order valence-corrected chi connectivity index (χ3v) is 10.4. The molecule has 1 aromatic rings. The lowest BCUT2D eigenvalue weighted by Gasteiger charge is -2.57. The maximum absolute atomic E-state index is 14.1. The molecule has 0 aromatic heterocycles. The Hall–Kier alpha value is -3.18. The topological polar surface area (TPSA) is 215 Å². The van der Waals surface area contributed by atoms with Gasteiger partial charge in [0.15, 0.2) is 5.96 Å². The minimum absolute atomic E-state index is 0.105. The molecule has 0 spiro atoms. The second kappa shape index (κ2) is 16.4. The standard InChI is InChI=1S/C34H56N8O3/c35-11-5-4-10-29(30(37)43)42-31(44)26(21-34-18-23-13-24(19-34)15-25(14-23)20-34)17-27(9-6-12-40-33(38)39)41-32(45)28(36)16-22-7-2-1-3-8-22/h1-3,7-8,23-29H,4-6,9-21,35-36H2,(H2,37,43)(H,41,45)(H,42,44)(H4,38,39,40)/t23?,24?,25?,26-,27?,28?,29+,34?/m1/s1. The van der Waals surface area contributed by atoms with Crippen LogP contribution in [0.25, 0.3) is 0 Å². The van der Waals surface area contributed by atoms with Crippen molar-refractivity contribution in [3.8, 4) is 0 Å². The van der Waals surface area contributed by atoms with Crippen molar-refractivity contribution >= 4 is 23.7 Å². The quantitative estimate of drug-likeness (QED) is 0.0650. The van der Waals surface area contributed by atoms with Gasteiger partial charge in [-0.25, -0.2) is 0 Å². The van der Waals surface area contributed by atoms with Crippen LogP contribution in [-0.4, -0.2) is 54.9 Å². The molecule has 4 saturated carbocycles. The Morgan fingerprint density at radius 3 is 2.11 bits per heavy atom. The fraction of sp³-hybridized carbons (Fsp3) is 0.706. The second-order valence-electron chi connectivity index (χ2n) is 14.3. The van der Waals surface area contributed by atoms with Crippen LogP contribution in [0.3, 0.4) is 0 Å². The zero-order valence-corrected chi connectivity index (χ0v) is 26.8. The van der Waals surface area contributed by atoms with Crippen molar-refractivity contribution in [3.05, 3.63) is 35.9 Å². The summed E-state index contributed by atoms with van der Waals surface area (Å²) in [6.07, 6.45) is 12.1. The monoisotopic (exact) mass is 624 g/mol. The van der Waals surface area contributed by atoms with Crippen LogP contribution in [0.5, 0.6) is 0 Å². The molecule has 0 aliphatic heterocycles. The van der Waals surface area contributed by atoms with Crippen molar-refractivity contribution in [2.45, 2.75) is 108 Å².